The highest BCUT2D eigenvalue weighted by atomic mass is 32.2. The van der Waals surface area contributed by atoms with Gasteiger partial charge in [0.1, 0.15) is 5.75 Å². The van der Waals surface area contributed by atoms with Crippen molar-refractivity contribution in [3.63, 3.8) is 0 Å². The van der Waals surface area contributed by atoms with E-state index in [1.54, 1.807) is 54.6 Å². The molecule has 13 nitrogen and oxygen atoms in total. The fourth-order valence-corrected chi connectivity index (χ4v) is 13.5. The molecule has 2 aromatic heterocycles. The van der Waals surface area contributed by atoms with Crippen molar-refractivity contribution >= 4 is 49.9 Å². The van der Waals surface area contributed by atoms with Gasteiger partial charge in [-0.2, -0.15) is 53.2 Å². The van der Waals surface area contributed by atoms with E-state index in [9.17, 15) is 47.9 Å². The van der Waals surface area contributed by atoms with Gasteiger partial charge in [0, 0.05) is 33.4 Å². The van der Waals surface area contributed by atoms with Crippen LogP contribution in [0.3, 0.4) is 0 Å². The molecule has 0 fully saturated rings. The first kappa shape index (κ1) is 78.4. The van der Waals surface area contributed by atoms with E-state index in [1.807, 2.05) is 170 Å². The summed E-state index contributed by atoms with van der Waals surface area (Å²) in [6.45, 7) is 7.18. The smallest absolute Gasteiger partial charge is 0.423 e. The number of nitriles is 1. The zero-order valence-corrected chi connectivity index (χ0v) is 61.2. The minimum absolute atomic E-state index is 0.123. The number of rotatable bonds is 17. The second-order valence-corrected chi connectivity index (χ2v) is 27.9. The third kappa shape index (κ3) is 16.8. The predicted octanol–water partition coefficient (Wildman–Crippen LogP) is 22.3. The van der Waals surface area contributed by atoms with Gasteiger partial charge in [-0.15, -0.1) is 0 Å². The van der Waals surface area contributed by atoms with Crippen molar-refractivity contribution in [3.8, 4) is 136 Å². The number of hydrogen-bond donors (Lipinski definition) is 2. The highest BCUT2D eigenvalue weighted by Gasteiger charge is 2.86. The molecule has 2 heterocycles. The standard InChI is InChI=1S/C44H28N4.C35H20F9N3O3S.C13H10BNO2/c1-45-39-26-23-31(24-27-39)30-15-17-32(18-16-30)37-25-28-41-38(29-37)13-8-14-40(41)33-19-21-36(22-20-33)44-47-42(34-9-4-2-5-10-34)46-43(48-44)35-11-6-3-7-12-35;36-32(37,34(40,41)42)33(38,39)35(43,44)51(48,49)50-26-18-19-28-25(20-26)12-7-13-27(28)21-14-16-24(17-15-21)31-46-29(22-8-3-1-4-9-22)45-30(47-31)23-10-5-2-6-11-23;15-9-10-1-3-11(4-2-10)12-5-7-13(8-6-12)14(16)17/h2-29H;1-20H;1-8,16-17H. The molecule has 0 unspecified atom stereocenters. The predicted molar refractivity (Wildman–Crippen MR) is 432 cm³/mol. The first-order chi connectivity index (χ1) is 55.8. The molecular formula is C92H58BF9N8O5S. The van der Waals surface area contributed by atoms with Crippen LogP contribution in [-0.2, 0) is 10.1 Å². The Balaban J connectivity index is 0.000000159. The molecular weight excluding hydrogens is 1510 g/mol. The van der Waals surface area contributed by atoms with E-state index in [2.05, 4.69) is 115 Å². The Bertz CT molecular complexity index is 6310. The minimum atomic E-state index is -7.42. The Morgan fingerprint density at radius 3 is 1.02 bits per heavy atom. The van der Waals surface area contributed by atoms with Crippen LogP contribution in [0.25, 0.3) is 150 Å². The maximum atomic E-state index is 14.2. The summed E-state index contributed by atoms with van der Waals surface area (Å²) in [7, 11) is -8.54. The Labute approximate surface area is 659 Å². The van der Waals surface area contributed by atoms with Crippen LogP contribution >= 0.6 is 0 Å². The maximum absolute atomic E-state index is 14.2. The average molecular weight is 1570 g/mol. The normalized spacial score (nSPS) is 11.6. The van der Waals surface area contributed by atoms with E-state index < -0.39 is 46.3 Å². The Morgan fingerprint density at radius 2 is 0.655 bits per heavy atom. The van der Waals surface area contributed by atoms with Gasteiger partial charge in [-0.05, 0) is 113 Å². The van der Waals surface area contributed by atoms with Gasteiger partial charge in [-0.3, -0.25) is 0 Å². The molecule has 14 aromatic carbocycles. The first-order valence-electron chi connectivity index (χ1n) is 35.6. The van der Waals surface area contributed by atoms with Crippen molar-refractivity contribution in [2.24, 2.45) is 0 Å². The molecule has 24 heteroatoms. The van der Waals surface area contributed by atoms with Crippen molar-refractivity contribution in [1.29, 1.82) is 5.26 Å². The van der Waals surface area contributed by atoms with Crippen LogP contribution in [0.15, 0.2) is 340 Å². The van der Waals surface area contributed by atoms with E-state index >= 15 is 0 Å². The third-order valence-corrected chi connectivity index (χ3v) is 20.1. The molecule has 0 aliphatic heterocycles. The fourth-order valence-electron chi connectivity index (χ4n) is 12.6. The summed E-state index contributed by atoms with van der Waals surface area (Å²) in [6.07, 6.45) is -7.20. The van der Waals surface area contributed by atoms with Crippen LogP contribution < -0.4 is 9.65 Å². The van der Waals surface area contributed by atoms with Crippen LogP contribution in [0.2, 0.25) is 0 Å². The molecule has 2 N–H and O–H groups in total. The summed E-state index contributed by atoms with van der Waals surface area (Å²) in [5.74, 6) is -12.7. The van der Waals surface area contributed by atoms with Gasteiger partial charge in [0.05, 0.1) is 18.2 Å². The van der Waals surface area contributed by atoms with Crippen LogP contribution in [0, 0.1) is 17.9 Å². The molecule has 0 saturated heterocycles. The molecule has 568 valence electrons. The van der Waals surface area contributed by atoms with Crippen molar-refractivity contribution < 1.29 is 62.2 Å². The molecule has 0 saturated carbocycles. The van der Waals surface area contributed by atoms with Crippen LogP contribution in [0.4, 0.5) is 45.2 Å². The van der Waals surface area contributed by atoms with E-state index in [-0.39, 0.29) is 5.39 Å². The number of benzene rings is 14. The highest BCUT2D eigenvalue weighted by molar-refractivity contribution is 7.88. The van der Waals surface area contributed by atoms with E-state index in [0.29, 0.717) is 73.7 Å². The molecule has 16 rings (SSSR count). The molecule has 16 aromatic rings. The molecule has 116 heavy (non-hydrogen) atoms. The zero-order valence-electron chi connectivity index (χ0n) is 60.4. The molecule has 0 atom stereocenters. The van der Waals surface area contributed by atoms with E-state index in [4.69, 9.17) is 36.8 Å². The quantitative estimate of drug-likeness (QED) is 0.0380. The average Bonchev–Trinajstić information content (AvgIpc) is 0.721. The lowest BCUT2D eigenvalue weighted by Crippen LogP contribution is -2.63. The van der Waals surface area contributed by atoms with Gasteiger partial charge in [-0.1, -0.05) is 309 Å². The summed E-state index contributed by atoms with van der Waals surface area (Å²) in [5, 5.41) is 22.5. The van der Waals surface area contributed by atoms with E-state index in [1.165, 1.54) is 40.1 Å². The molecule has 0 amide bonds. The molecule has 0 aliphatic carbocycles. The van der Waals surface area contributed by atoms with Crippen molar-refractivity contribution in [3.05, 3.63) is 357 Å². The summed E-state index contributed by atoms with van der Waals surface area (Å²) in [5.41, 5.74) is 16.7. The summed E-state index contributed by atoms with van der Waals surface area (Å²) >= 11 is 0. The number of fused-ring (bicyclic) bond motifs is 2. The van der Waals surface area contributed by atoms with Crippen LogP contribution in [0.5, 0.6) is 5.75 Å². The lowest BCUT2D eigenvalue weighted by atomic mass is 9.80. The van der Waals surface area contributed by atoms with Gasteiger partial charge in [0.15, 0.2) is 40.6 Å². The molecule has 0 spiro atoms. The number of aromatic nitrogens is 6. The minimum Gasteiger partial charge on any atom is -0.423 e. The van der Waals surface area contributed by atoms with Crippen molar-refractivity contribution in [2.45, 2.75) is 23.3 Å². The van der Waals surface area contributed by atoms with E-state index in [0.717, 1.165) is 73.3 Å². The lowest BCUT2D eigenvalue weighted by Gasteiger charge is -2.32. The molecule has 0 aliphatic rings. The first-order valence-corrected chi connectivity index (χ1v) is 37.0. The Kier molecular flexibility index (Phi) is 22.4. The molecule has 0 radical (unpaired) electrons. The monoisotopic (exact) mass is 1570 g/mol. The third-order valence-electron chi connectivity index (χ3n) is 18.8. The van der Waals surface area contributed by atoms with Crippen molar-refractivity contribution in [2.75, 3.05) is 0 Å². The van der Waals surface area contributed by atoms with Gasteiger partial charge in [0.25, 0.3) is 0 Å². The summed E-state index contributed by atoms with van der Waals surface area (Å²) < 4.78 is 148. The number of nitrogens with zero attached hydrogens (tertiary/aromatic N) is 8. The summed E-state index contributed by atoms with van der Waals surface area (Å²) in [6, 6.07) is 107. The SMILES string of the molecule is N#Cc1ccc(-c2ccc(B(O)O)cc2)cc1.O=S(=O)(Oc1ccc2c(-c3ccc(-c4nc(-c5ccccc5)nc(-c5ccccc5)n4)cc3)cccc2c1)C(F)(F)C(F)(F)C(F)(F)C(F)(F)F.[C-]#[N+]c1ccc(-c2ccc(-c3ccc4c(-c5ccc(-c6nc(-c7ccccc7)nc(-c7ccccc7)n6)cc5)cccc4c3)cc2)cc1. The van der Waals surface area contributed by atoms with Gasteiger partial charge in [0.2, 0.25) is 0 Å². The fraction of sp³-hybridized carbons (Fsp3) is 0.0435. The Hall–Kier alpha value is -14.3. The van der Waals surface area contributed by atoms with Gasteiger partial charge >= 0.3 is 40.5 Å². The maximum Gasteiger partial charge on any atom is 0.488 e. The molecule has 0 bridgehead atoms. The number of halogens is 9. The van der Waals surface area contributed by atoms with Crippen LogP contribution in [-0.4, -0.2) is 78.8 Å². The second kappa shape index (κ2) is 33.2. The topological polar surface area (TPSA) is 189 Å². The van der Waals surface area contributed by atoms with Gasteiger partial charge in [-0.25, -0.2) is 34.7 Å². The number of alkyl halides is 9. The largest absolute Gasteiger partial charge is 0.488 e. The van der Waals surface area contributed by atoms with Crippen LogP contribution in [0.1, 0.15) is 5.56 Å². The van der Waals surface area contributed by atoms with Gasteiger partial charge < -0.3 is 14.2 Å². The zero-order chi connectivity index (χ0) is 81.4. The highest BCUT2D eigenvalue weighted by Crippen LogP contribution is 2.55. The number of hydrogen-bond acceptors (Lipinski definition) is 12. The second-order valence-electron chi connectivity index (χ2n) is 26.3. The van der Waals surface area contributed by atoms with Crippen molar-refractivity contribution in [1.82, 2.24) is 29.9 Å². The Morgan fingerprint density at radius 1 is 0.345 bits per heavy atom. The lowest BCUT2D eigenvalue weighted by molar-refractivity contribution is -0.382. The summed E-state index contributed by atoms with van der Waals surface area (Å²) in [4.78, 5) is 32.1.